The molecule has 0 unspecified atom stereocenters. The second-order valence-corrected chi connectivity index (χ2v) is 6.68. The molecule has 0 radical (unpaired) electrons. The van der Waals surface area contributed by atoms with E-state index in [4.69, 9.17) is 11.6 Å². The molecule has 0 fully saturated rings. The van der Waals surface area contributed by atoms with Crippen molar-refractivity contribution >= 4 is 46.6 Å². The first-order valence-electron chi connectivity index (χ1n) is 6.84. The van der Waals surface area contributed by atoms with Crippen LogP contribution in [0.1, 0.15) is 6.42 Å². The molecule has 1 heterocycles. The van der Waals surface area contributed by atoms with E-state index in [0.29, 0.717) is 16.4 Å². The molecule has 1 aliphatic heterocycles. The molecule has 4 nitrogen and oxygen atoms in total. The number of carbonyl (C=O) groups excluding carboxylic acids is 2. The highest BCUT2D eigenvalue weighted by Gasteiger charge is 2.29. The normalized spacial score (nSPS) is 16.4. The van der Waals surface area contributed by atoms with Crippen molar-refractivity contribution in [3.63, 3.8) is 0 Å². The van der Waals surface area contributed by atoms with Crippen molar-refractivity contribution in [3.05, 3.63) is 53.3 Å². The Bertz CT molecular complexity index is 767. The maximum atomic E-state index is 12.8. The monoisotopic (exact) mass is 350 g/mol. The molecule has 0 bridgehead atoms. The molecule has 0 aliphatic carbocycles. The third kappa shape index (κ3) is 3.83. The molecule has 0 aromatic heterocycles. The summed E-state index contributed by atoms with van der Waals surface area (Å²) in [7, 11) is 0. The van der Waals surface area contributed by atoms with Gasteiger partial charge >= 0.3 is 0 Å². The fourth-order valence-electron chi connectivity index (χ4n) is 2.17. The number of hydrogen-bond acceptors (Lipinski definition) is 3. The van der Waals surface area contributed by atoms with E-state index in [0.717, 1.165) is 4.90 Å². The van der Waals surface area contributed by atoms with Crippen LogP contribution in [0.3, 0.4) is 0 Å². The van der Waals surface area contributed by atoms with Crippen molar-refractivity contribution in [2.45, 2.75) is 16.6 Å². The van der Waals surface area contributed by atoms with E-state index in [2.05, 4.69) is 10.6 Å². The maximum absolute atomic E-state index is 12.8. The first-order chi connectivity index (χ1) is 11.0. The van der Waals surface area contributed by atoms with Crippen LogP contribution in [-0.4, -0.2) is 17.1 Å². The first-order valence-corrected chi connectivity index (χ1v) is 8.09. The summed E-state index contributed by atoms with van der Waals surface area (Å²) in [6.07, 6.45) is 0.0238. The summed E-state index contributed by atoms with van der Waals surface area (Å²) in [6, 6.07) is 10.7. The topological polar surface area (TPSA) is 58.2 Å². The highest BCUT2D eigenvalue weighted by atomic mass is 35.5. The van der Waals surface area contributed by atoms with Crippen LogP contribution in [0, 0.1) is 5.82 Å². The molecule has 2 aromatic rings. The van der Waals surface area contributed by atoms with Gasteiger partial charge in [0.1, 0.15) is 5.82 Å². The van der Waals surface area contributed by atoms with Crippen LogP contribution in [0.5, 0.6) is 0 Å². The highest BCUT2D eigenvalue weighted by molar-refractivity contribution is 8.01. The molecule has 2 N–H and O–H groups in total. The summed E-state index contributed by atoms with van der Waals surface area (Å²) >= 11 is 7.22. The molecule has 0 saturated carbocycles. The molecule has 2 aromatic carbocycles. The number of fused-ring (bicyclic) bond motifs is 1. The van der Waals surface area contributed by atoms with Gasteiger partial charge in [-0.15, -0.1) is 11.8 Å². The summed E-state index contributed by atoms with van der Waals surface area (Å²) in [5.74, 6) is -0.916. The Morgan fingerprint density at radius 1 is 1.26 bits per heavy atom. The number of nitrogens with one attached hydrogen (secondary N) is 2. The van der Waals surface area contributed by atoms with Crippen LogP contribution in [0.25, 0.3) is 0 Å². The SMILES string of the molecule is O=C(C[C@H]1Sc2ccc(Cl)cc2NC1=O)Nc1ccc(F)cc1. The Kier molecular flexibility index (Phi) is 4.54. The summed E-state index contributed by atoms with van der Waals surface area (Å²) in [5, 5.41) is 5.42. The lowest BCUT2D eigenvalue weighted by atomic mass is 10.2. The summed E-state index contributed by atoms with van der Waals surface area (Å²) in [4.78, 5) is 25.0. The molecular formula is C16H12ClFN2O2S. The fourth-order valence-corrected chi connectivity index (χ4v) is 3.43. The van der Waals surface area contributed by atoms with E-state index >= 15 is 0 Å². The molecule has 3 rings (SSSR count). The van der Waals surface area contributed by atoms with Gasteiger partial charge in [0.25, 0.3) is 0 Å². The van der Waals surface area contributed by atoms with E-state index in [1.165, 1.54) is 36.0 Å². The van der Waals surface area contributed by atoms with Crippen LogP contribution in [0.4, 0.5) is 15.8 Å². The van der Waals surface area contributed by atoms with Crippen LogP contribution in [0.15, 0.2) is 47.4 Å². The van der Waals surface area contributed by atoms with Gasteiger partial charge in [0.2, 0.25) is 11.8 Å². The number of amides is 2. The minimum atomic E-state index is -0.524. The highest BCUT2D eigenvalue weighted by Crippen LogP contribution is 2.38. The van der Waals surface area contributed by atoms with Gasteiger partial charge in [0, 0.05) is 22.0 Å². The predicted molar refractivity (Wildman–Crippen MR) is 89.4 cm³/mol. The fraction of sp³-hybridized carbons (Fsp3) is 0.125. The van der Waals surface area contributed by atoms with Crippen LogP contribution >= 0.6 is 23.4 Å². The molecule has 7 heteroatoms. The van der Waals surface area contributed by atoms with Crippen LogP contribution < -0.4 is 10.6 Å². The van der Waals surface area contributed by atoms with E-state index in [1.807, 2.05) is 6.07 Å². The van der Waals surface area contributed by atoms with Gasteiger partial charge in [-0.2, -0.15) is 0 Å². The van der Waals surface area contributed by atoms with Gasteiger partial charge < -0.3 is 10.6 Å². The lowest BCUT2D eigenvalue weighted by molar-refractivity contribution is -0.120. The molecule has 1 aliphatic rings. The molecule has 0 saturated heterocycles. The van der Waals surface area contributed by atoms with Crippen LogP contribution in [-0.2, 0) is 9.59 Å². The second kappa shape index (κ2) is 6.60. The van der Waals surface area contributed by atoms with Crippen molar-refractivity contribution in [2.75, 3.05) is 10.6 Å². The number of hydrogen-bond donors (Lipinski definition) is 2. The van der Waals surface area contributed by atoms with Gasteiger partial charge in [0.05, 0.1) is 10.9 Å². The van der Waals surface area contributed by atoms with Crippen molar-refractivity contribution < 1.29 is 14.0 Å². The summed E-state index contributed by atoms with van der Waals surface area (Å²) in [5.41, 5.74) is 1.15. The summed E-state index contributed by atoms with van der Waals surface area (Å²) in [6.45, 7) is 0. The minimum absolute atomic E-state index is 0.0238. The number of halogens is 2. The van der Waals surface area contributed by atoms with Gasteiger partial charge in [-0.1, -0.05) is 11.6 Å². The molecular weight excluding hydrogens is 339 g/mol. The number of benzene rings is 2. The van der Waals surface area contributed by atoms with Gasteiger partial charge in [-0.05, 0) is 42.5 Å². The van der Waals surface area contributed by atoms with Crippen molar-refractivity contribution in [3.8, 4) is 0 Å². The first kappa shape index (κ1) is 15.8. The number of carbonyl (C=O) groups is 2. The Hall–Kier alpha value is -2.05. The quantitative estimate of drug-likeness (QED) is 0.882. The number of thioether (sulfide) groups is 1. The zero-order chi connectivity index (χ0) is 16.4. The second-order valence-electron chi connectivity index (χ2n) is 5.00. The average Bonchev–Trinajstić information content (AvgIpc) is 2.50. The van der Waals surface area contributed by atoms with Crippen molar-refractivity contribution in [2.24, 2.45) is 0 Å². The molecule has 0 spiro atoms. The van der Waals surface area contributed by atoms with Crippen molar-refractivity contribution in [1.29, 1.82) is 0 Å². The average molecular weight is 351 g/mol. The predicted octanol–water partition coefficient (Wildman–Crippen LogP) is 3.92. The van der Waals surface area contributed by atoms with E-state index < -0.39 is 5.25 Å². The molecule has 1 atom stereocenters. The van der Waals surface area contributed by atoms with E-state index in [1.54, 1.807) is 12.1 Å². The van der Waals surface area contributed by atoms with Crippen LogP contribution in [0.2, 0.25) is 5.02 Å². The van der Waals surface area contributed by atoms with Crippen molar-refractivity contribution in [1.82, 2.24) is 0 Å². The standard InChI is InChI=1S/C16H12ClFN2O2S/c17-9-1-6-13-12(7-9)20-16(22)14(23-13)8-15(21)19-11-4-2-10(18)3-5-11/h1-7,14H,8H2,(H,19,21)(H,20,22)/t14-/m1/s1. The van der Waals surface area contributed by atoms with E-state index in [-0.39, 0.29) is 24.1 Å². The number of anilines is 2. The Labute approximate surface area is 141 Å². The molecule has 23 heavy (non-hydrogen) atoms. The van der Waals surface area contributed by atoms with Gasteiger partial charge in [-0.25, -0.2) is 4.39 Å². The Balaban J connectivity index is 1.66. The smallest absolute Gasteiger partial charge is 0.238 e. The zero-order valence-corrected chi connectivity index (χ0v) is 13.4. The lowest BCUT2D eigenvalue weighted by Gasteiger charge is -2.23. The largest absolute Gasteiger partial charge is 0.326 e. The Morgan fingerprint density at radius 2 is 2.00 bits per heavy atom. The molecule has 2 amide bonds. The third-order valence-corrected chi connectivity index (χ3v) is 4.77. The third-order valence-electron chi connectivity index (χ3n) is 3.26. The van der Waals surface area contributed by atoms with E-state index in [9.17, 15) is 14.0 Å². The maximum Gasteiger partial charge on any atom is 0.238 e. The lowest BCUT2D eigenvalue weighted by Crippen LogP contribution is -2.32. The Morgan fingerprint density at radius 3 is 2.74 bits per heavy atom. The van der Waals surface area contributed by atoms with Gasteiger partial charge in [0.15, 0.2) is 0 Å². The van der Waals surface area contributed by atoms with Gasteiger partial charge in [-0.3, -0.25) is 9.59 Å². The molecule has 118 valence electrons. The zero-order valence-electron chi connectivity index (χ0n) is 11.8. The number of rotatable bonds is 3. The summed E-state index contributed by atoms with van der Waals surface area (Å²) < 4.78 is 12.8. The minimum Gasteiger partial charge on any atom is -0.326 e.